The molecule has 0 radical (unpaired) electrons. The predicted octanol–water partition coefficient (Wildman–Crippen LogP) is 8.49. The van der Waals surface area contributed by atoms with Crippen molar-refractivity contribution in [2.45, 2.75) is 121 Å². The van der Waals surface area contributed by atoms with E-state index in [-0.39, 0.29) is 53.5 Å². The first-order valence-electron chi connectivity index (χ1n) is 18.3. The van der Waals surface area contributed by atoms with Crippen LogP contribution in [0.1, 0.15) is 44.4 Å². The van der Waals surface area contributed by atoms with Gasteiger partial charge in [0.25, 0.3) is 0 Å². The minimum atomic E-state index is -4.76. The molecule has 6 rings (SSSR count). The summed E-state index contributed by atoms with van der Waals surface area (Å²) in [5.41, 5.74) is 2.05. The molecule has 1 N–H and O–H groups in total. The van der Waals surface area contributed by atoms with Crippen molar-refractivity contribution in [3.8, 4) is 11.8 Å². The third kappa shape index (κ3) is 9.53. The van der Waals surface area contributed by atoms with Gasteiger partial charge < -0.3 is 33.4 Å². The van der Waals surface area contributed by atoms with Crippen LogP contribution in [0, 0.1) is 5.82 Å². The molecular formula is C36H51ClF4N4O7Si2. The number of hydrogen-bond donors (Lipinski definition) is 1. The van der Waals surface area contributed by atoms with Gasteiger partial charge in [-0.3, -0.25) is 9.30 Å². The van der Waals surface area contributed by atoms with Crippen molar-refractivity contribution in [2.75, 3.05) is 38.4 Å². The molecule has 0 amide bonds. The number of aromatic nitrogens is 3. The molecule has 1 aromatic carbocycles. The molecule has 3 aromatic rings. The standard InChI is InChI=1S/C36H51ClF4N4O7Si2/c1-35(2,3)54(7,8)52-28-19-49-30-27(18-48-31(28)30)51-34-43-26-17-23(37)32(44-33(26)45(34)20-46-13-14-53(4,5)6)42-25-10-9-21-15-22(16-24(38)29(21)25)47-11-12-50-36(39,40)41/h15-17,25,27-28,30-31H,9-14,18-20H2,1-8H3,(H,42,44)/t25?,27-,28-,30-,31-/m1/s1. The van der Waals surface area contributed by atoms with Crippen LogP contribution in [-0.2, 0) is 36.5 Å². The van der Waals surface area contributed by atoms with Gasteiger partial charge in [-0.25, -0.2) is 9.37 Å². The minimum absolute atomic E-state index is 0.0381. The summed E-state index contributed by atoms with van der Waals surface area (Å²) < 4.78 is 95.1. The minimum Gasteiger partial charge on any atom is -0.491 e. The number of imidazole rings is 1. The van der Waals surface area contributed by atoms with E-state index < -0.39 is 47.3 Å². The lowest BCUT2D eigenvalue weighted by atomic mass is 10.1. The summed E-state index contributed by atoms with van der Waals surface area (Å²) in [6.45, 7) is 18.2. The maximum absolute atomic E-state index is 15.5. The van der Waals surface area contributed by atoms with Gasteiger partial charge in [0.1, 0.15) is 48.4 Å². The Balaban J connectivity index is 1.21. The summed E-state index contributed by atoms with van der Waals surface area (Å²) in [6, 6.07) is 5.26. The van der Waals surface area contributed by atoms with Crippen LogP contribution in [0.25, 0.3) is 11.2 Å². The highest BCUT2D eigenvalue weighted by atomic mass is 35.5. The number of aryl methyl sites for hydroxylation is 1. The molecule has 0 saturated carbocycles. The quantitative estimate of drug-likeness (QED) is 0.0912. The van der Waals surface area contributed by atoms with Crippen molar-refractivity contribution < 1.29 is 50.4 Å². The van der Waals surface area contributed by atoms with Gasteiger partial charge in [0.2, 0.25) is 0 Å². The van der Waals surface area contributed by atoms with Crippen molar-refractivity contribution in [3.63, 3.8) is 0 Å². The predicted molar refractivity (Wildman–Crippen MR) is 201 cm³/mol. The molecule has 2 aliphatic heterocycles. The number of pyridine rings is 1. The average molecular weight is 819 g/mol. The normalized spacial score (nSPS) is 23.2. The van der Waals surface area contributed by atoms with E-state index in [4.69, 9.17) is 49.7 Å². The number of halogens is 5. The molecule has 0 bridgehead atoms. The Bertz CT molecular complexity index is 1800. The number of hydrogen-bond acceptors (Lipinski definition) is 10. The van der Waals surface area contributed by atoms with Crippen LogP contribution in [-0.4, -0.2) is 94.7 Å². The summed E-state index contributed by atoms with van der Waals surface area (Å²) in [7, 11) is -3.44. The summed E-state index contributed by atoms with van der Waals surface area (Å²) in [5, 5.41) is 3.63. The molecule has 0 spiro atoms. The van der Waals surface area contributed by atoms with Crippen LogP contribution in [0.15, 0.2) is 18.2 Å². The van der Waals surface area contributed by atoms with Gasteiger partial charge >= 0.3 is 12.4 Å². The van der Waals surface area contributed by atoms with E-state index in [9.17, 15) is 13.2 Å². The fourth-order valence-corrected chi connectivity index (χ4v) is 8.84. The van der Waals surface area contributed by atoms with Crippen LogP contribution in [0.2, 0.25) is 48.8 Å². The second-order valence-electron chi connectivity index (χ2n) is 16.9. The van der Waals surface area contributed by atoms with Gasteiger partial charge in [-0.15, -0.1) is 13.2 Å². The Morgan fingerprint density at radius 2 is 1.67 bits per heavy atom. The van der Waals surface area contributed by atoms with Gasteiger partial charge in [-0.1, -0.05) is 52.0 Å². The van der Waals surface area contributed by atoms with E-state index >= 15 is 4.39 Å². The SMILES string of the molecule is CC(C)(C)[Si](C)(C)O[C@@H]1CO[C@H]2[C@@H]1OC[C@H]2Oc1nc2cc(Cl)c(NC3CCc4cc(OCCOC(F)(F)F)cc(F)c43)nc2n1COCC[Si](C)(C)C. The number of anilines is 1. The van der Waals surface area contributed by atoms with Gasteiger partial charge in [0.05, 0.1) is 37.0 Å². The van der Waals surface area contributed by atoms with Crippen molar-refractivity contribution in [2.24, 2.45) is 0 Å². The van der Waals surface area contributed by atoms with Gasteiger partial charge in [-0.05, 0) is 54.7 Å². The van der Waals surface area contributed by atoms with Crippen LogP contribution in [0.3, 0.4) is 0 Å². The summed E-state index contributed by atoms with van der Waals surface area (Å²) in [5.74, 6) is -0.0950. The van der Waals surface area contributed by atoms with Gasteiger partial charge in [-0.2, -0.15) is 4.98 Å². The average Bonchev–Trinajstić information content (AvgIpc) is 3.81. The third-order valence-corrected chi connectivity index (χ3v) is 17.0. The lowest BCUT2D eigenvalue weighted by Gasteiger charge is -2.39. The van der Waals surface area contributed by atoms with Crippen molar-refractivity contribution in [1.82, 2.24) is 14.5 Å². The fourth-order valence-electron chi connectivity index (χ4n) is 6.57. The van der Waals surface area contributed by atoms with Crippen LogP contribution >= 0.6 is 11.6 Å². The van der Waals surface area contributed by atoms with E-state index in [2.05, 4.69) is 63.6 Å². The monoisotopic (exact) mass is 818 g/mol. The van der Waals surface area contributed by atoms with Crippen LogP contribution in [0.4, 0.5) is 23.4 Å². The van der Waals surface area contributed by atoms with Crippen molar-refractivity contribution >= 4 is 45.0 Å². The number of rotatable bonds is 15. The second-order valence-corrected chi connectivity index (χ2v) is 27.6. The Morgan fingerprint density at radius 3 is 2.35 bits per heavy atom. The maximum atomic E-state index is 15.5. The molecule has 1 unspecified atom stereocenters. The van der Waals surface area contributed by atoms with Gasteiger partial charge in [0, 0.05) is 26.3 Å². The smallest absolute Gasteiger partial charge is 0.491 e. The first-order valence-corrected chi connectivity index (χ1v) is 25.3. The number of fused-ring (bicyclic) bond motifs is 3. The molecule has 2 fully saturated rings. The van der Waals surface area contributed by atoms with E-state index in [0.717, 1.165) is 12.1 Å². The van der Waals surface area contributed by atoms with Crippen molar-refractivity contribution in [1.29, 1.82) is 0 Å². The maximum Gasteiger partial charge on any atom is 0.522 e. The number of benzene rings is 1. The van der Waals surface area contributed by atoms with E-state index in [1.807, 2.05) is 0 Å². The summed E-state index contributed by atoms with van der Waals surface area (Å²) in [4.78, 5) is 9.65. The molecule has 4 heterocycles. The van der Waals surface area contributed by atoms with Gasteiger partial charge in [0.15, 0.2) is 20.1 Å². The molecule has 2 aromatic heterocycles. The summed E-state index contributed by atoms with van der Waals surface area (Å²) in [6.07, 6.45) is -4.97. The zero-order chi connectivity index (χ0) is 39.2. The molecule has 18 heteroatoms. The third-order valence-electron chi connectivity index (χ3n) is 10.5. The molecule has 300 valence electrons. The molecule has 54 heavy (non-hydrogen) atoms. The number of ether oxygens (including phenoxy) is 6. The Labute approximate surface area is 320 Å². The fraction of sp³-hybridized carbons (Fsp3) is 0.667. The zero-order valence-corrected chi connectivity index (χ0v) is 34.8. The van der Waals surface area contributed by atoms with Crippen LogP contribution in [0.5, 0.6) is 11.8 Å². The highest BCUT2D eigenvalue weighted by molar-refractivity contribution is 6.76. The van der Waals surface area contributed by atoms with Crippen molar-refractivity contribution in [3.05, 3.63) is 40.2 Å². The Kier molecular flexibility index (Phi) is 12.0. The van der Waals surface area contributed by atoms with E-state index in [1.165, 1.54) is 0 Å². The highest BCUT2D eigenvalue weighted by Crippen LogP contribution is 2.42. The molecule has 2 saturated heterocycles. The lowest BCUT2D eigenvalue weighted by Crippen LogP contribution is -2.47. The molecule has 3 aliphatic rings. The van der Waals surface area contributed by atoms with E-state index in [1.54, 1.807) is 16.7 Å². The molecule has 11 nitrogen and oxygen atoms in total. The number of nitrogens with zero attached hydrogens (tertiary/aromatic N) is 3. The molecular weight excluding hydrogens is 768 g/mol. The van der Waals surface area contributed by atoms with Crippen LogP contribution < -0.4 is 14.8 Å². The number of nitrogens with one attached hydrogen (secondary N) is 1. The lowest BCUT2D eigenvalue weighted by molar-refractivity contribution is -0.325. The molecule has 1 aliphatic carbocycles. The summed E-state index contributed by atoms with van der Waals surface area (Å²) >= 11 is 6.76. The first-order chi connectivity index (χ1) is 25.2. The van der Waals surface area contributed by atoms with E-state index in [0.29, 0.717) is 60.8 Å². The zero-order valence-electron chi connectivity index (χ0n) is 32.1. The Morgan fingerprint density at radius 1 is 0.963 bits per heavy atom. The second kappa shape index (κ2) is 15.8. The largest absolute Gasteiger partial charge is 0.522 e. The number of alkyl halides is 3. The highest BCUT2D eigenvalue weighted by Gasteiger charge is 2.52. The molecule has 5 atom stereocenters. The topological polar surface area (TPSA) is 107 Å². The first kappa shape index (κ1) is 41.1. The Hall–Kier alpha value is -2.52.